The molecule has 9 nitrogen and oxygen atoms in total. The van der Waals surface area contributed by atoms with Crippen LogP contribution >= 0.6 is 0 Å². The van der Waals surface area contributed by atoms with E-state index in [0.29, 0.717) is 11.7 Å². The molecule has 0 heterocycles. The number of para-hydroxylation sites is 2. The Bertz CT molecular complexity index is 836. The van der Waals surface area contributed by atoms with Crippen LogP contribution in [0.4, 0.5) is 5.69 Å². The van der Waals surface area contributed by atoms with Gasteiger partial charge >= 0.3 is 5.69 Å². The van der Waals surface area contributed by atoms with Crippen molar-refractivity contribution in [3.63, 3.8) is 0 Å². The molecule has 0 saturated heterocycles. The molecular weight excluding hydrogens is 366 g/mol. The molecule has 0 bridgehead atoms. The zero-order valence-corrected chi connectivity index (χ0v) is 15.5. The lowest BCUT2D eigenvalue weighted by Crippen LogP contribution is -2.45. The molecule has 0 aromatic heterocycles. The second-order valence-electron chi connectivity index (χ2n) is 6.12. The Morgan fingerprint density at radius 2 is 1.54 bits per heavy atom. The molecule has 2 aromatic carbocycles. The third-order valence-corrected chi connectivity index (χ3v) is 3.68. The van der Waals surface area contributed by atoms with Crippen LogP contribution in [0.5, 0.6) is 11.5 Å². The lowest BCUT2D eigenvalue weighted by molar-refractivity contribution is -0.385. The first-order chi connectivity index (χ1) is 13.4. The van der Waals surface area contributed by atoms with Gasteiger partial charge in [-0.3, -0.25) is 30.6 Å². The number of hydrazine groups is 1. The first kappa shape index (κ1) is 20.7. The Kier molecular flexibility index (Phi) is 7.32. The largest absolute Gasteiger partial charge is 0.484 e. The molecule has 148 valence electrons. The van der Waals surface area contributed by atoms with Crippen LogP contribution in [0.2, 0.25) is 0 Å². The van der Waals surface area contributed by atoms with Gasteiger partial charge in [0, 0.05) is 6.07 Å². The van der Waals surface area contributed by atoms with Crippen LogP contribution in [0.3, 0.4) is 0 Å². The quantitative estimate of drug-likeness (QED) is 0.530. The maximum Gasteiger partial charge on any atom is 0.310 e. The number of carbonyl (C=O) groups excluding carboxylic acids is 2. The van der Waals surface area contributed by atoms with Crippen molar-refractivity contribution in [3.05, 3.63) is 64.2 Å². The SMILES string of the molecule is CC(C)c1ccc(OCC(=O)NNC(=O)COc2ccccc2[N+](=O)[O-])cc1. The number of hydrogen-bond donors (Lipinski definition) is 2. The van der Waals surface area contributed by atoms with Gasteiger partial charge in [0.25, 0.3) is 11.8 Å². The van der Waals surface area contributed by atoms with Gasteiger partial charge in [0.05, 0.1) is 4.92 Å². The smallest absolute Gasteiger partial charge is 0.310 e. The number of carbonyl (C=O) groups is 2. The van der Waals surface area contributed by atoms with Crippen molar-refractivity contribution in [2.75, 3.05) is 13.2 Å². The van der Waals surface area contributed by atoms with Crippen LogP contribution in [0.1, 0.15) is 25.3 Å². The molecule has 2 N–H and O–H groups in total. The number of nitro groups is 1. The van der Waals surface area contributed by atoms with Gasteiger partial charge in [-0.05, 0) is 29.7 Å². The summed E-state index contributed by atoms with van der Waals surface area (Å²) in [6.45, 7) is 3.37. The molecule has 0 aliphatic carbocycles. The second-order valence-corrected chi connectivity index (χ2v) is 6.12. The predicted octanol–water partition coefficient (Wildman–Crippen LogP) is 2.32. The van der Waals surface area contributed by atoms with E-state index in [1.807, 2.05) is 12.1 Å². The molecule has 0 saturated carbocycles. The Balaban J connectivity index is 1.72. The Labute approximate surface area is 161 Å². The van der Waals surface area contributed by atoms with Crippen LogP contribution in [-0.4, -0.2) is 30.0 Å². The van der Waals surface area contributed by atoms with E-state index in [4.69, 9.17) is 9.47 Å². The zero-order chi connectivity index (χ0) is 20.5. The fraction of sp³-hybridized carbons (Fsp3) is 0.263. The van der Waals surface area contributed by atoms with Gasteiger partial charge in [0.15, 0.2) is 19.0 Å². The number of nitro benzene ring substituents is 1. The van der Waals surface area contributed by atoms with E-state index in [1.54, 1.807) is 18.2 Å². The van der Waals surface area contributed by atoms with Gasteiger partial charge in [-0.2, -0.15) is 0 Å². The summed E-state index contributed by atoms with van der Waals surface area (Å²) in [6.07, 6.45) is 0. The van der Waals surface area contributed by atoms with Crippen molar-refractivity contribution in [3.8, 4) is 11.5 Å². The molecule has 0 spiro atoms. The van der Waals surface area contributed by atoms with Crippen LogP contribution < -0.4 is 20.3 Å². The fourth-order valence-corrected chi connectivity index (χ4v) is 2.18. The Morgan fingerprint density at radius 1 is 0.964 bits per heavy atom. The fourth-order valence-electron chi connectivity index (χ4n) is 2.18. The Hall–Kier alpha value is -3.62. The van der Waals surface area contributed by atoms with Crippen LogP contribution in [0.15, 0.2) is 48.5 Å². The summed E-state index contributed by atoms with van der Waals surface area (Å²) in [7, 11) is 0. The highest BCUT2D eigenvalue weighted by Gasteiger charge is 2.15. The van der Waals surface area contributed by atoms with Gasteiger partial charge in [-0.25, -0.2) is 0 Å². The van der Waals surface area contributed by atoms with Crippen molar-refractivity contribution < 1.29 is 24.0 Å². The van der Waals surface area contributed by atoms with Crippen molar-refractivity contribution in [2.45, 2.75) is 19.8 Å². The topological polar surface area (TPSA) is 120 Å². The highest BCUT2D eigenvalue weighted by atomic mass is 16.6. The second kappa shape index (κ2) is 9.91. The lowest BCUT2D eigenvalue weighted by Gasteiger charge is -2.10. The molecular formula is C19H21N3O6. The lowest BCUT2D eigenvalue weighted by atomic mass is 10.0. The van der Waals surface area contributed by atoms with Crippen molar-refractivity contribution in [1.29, 1.82) is 0 Å². The number of ether oxygens (including phenoxy) is 2. The minimum Gasteiger partial charge on any atom is -0.484 e. The highest BCUT2D eigenvalue weighted by molar-refractivity contribution is 5.83. The molecule has 0 unspecified atom stereocenters. The average molecular weight is 387 g/mol. The highest BCUT2D eigenvalue weighted by Crippen LogP contribution is 2.25. The van der Waals surface area contributed by atoms with Gasteiger partial charge < -0.3 is 9.47 Å². The summed E-state index contributed by atoms with van der Waals surface area (Å²) < 4.78 is 10.5. The molecule has 0 fully saturated rings. The van der Waals surface area contributed by atoms with Gasteiger partial charge in [-0.15, -0.1) is 0 Å². The normalized spacial score (nSPS) is 10.2. The van der Waals surface area contributed by atoms with E-state index >= 15 is 0 Å². The molecule has 2 rings (SSSR count). The third-order valence-electron chi connectivity index (χ3n) is 3.68. The molecule has 0 radical (unpaired) electrons. The predicted molar refractivity (Wildman–Crippen MR) is 101 cm³/mol. The number of rotatable bonds is 8. The van der Waals surface area contributed by atoms with Crippen molar-refractivity contribution >= 4 is 17.5 Å². The van der Waals surface area contributed by atoms with Gasteiger partial charge in [0.2, 0.25) is 0 Å². The molecule has 0 atom stereocenters. The van der Waals surface area contributed by atoms with Crippen LogP contribution in [0, 0.1) is 10.1 Å². The maximum atomic E-state index is 11.7. The minimum absolute atomic E-state index is 0.0397. The summed E-state index contributed by atoms with van der Waals surface area (Å²) in [5.41, 5.74) is 5.23. The van der Waals surface area contributed by atoms with E-state index < -0.39 is 23.3 Å². The zero-order valence-electron chi connectivity index (χ0n) is 15.5. The Morgan fingerprint density at radius 3 is 2.11 bits per heavy atom. The molecule has 9 heteroatoms. The number of nitrogens with one attached hydrogen (secondary N) is 2. The third kappa shape index (κ3) is 6.27. The molecule has 2 amide bonds. The first-order valence-corrected chi connectivity index (χ1v) is 8.53. The van der Waals surface area contributed by atoms with Gasteiger partial charge in [-0.1, -0.05) is 38.1 Å². The summed E-state index contributed by atoms with van der Waals surface area (Å²) in [6, 6.07) is 13.0. The van der Waals surface area contributed by atoms with Crippen molar-refractivity contribution in [2.24, 2.45) is 0 Å². The molecule has 28 heavy (non-hydrogen) atoms. The number of nitrogens with zero attached hydrogens (tertiary/aromatic N) is 1. The van der Waals surface area contributed by atoms with E-state index in [9.17, 15) is 19.7 Å². The molecule has 0 aliphatic heterocycles. The maximum absolute atomic E-state index is 11.7. The minimum atomic E-state index is -0.673. The molecule has 2 aromatic rings. The van der Waals surface area contributed by atoms with E-state index in [-0.39, 0.29) is 18.0 Å². The summed E-state index contributed by atoms with van der Waals surface area (Å²) in [5, 5.41) is 10.9. The van der Waals surface area contributed by atoms with Crippen LogP contribution in [-0.2, 0) is 9.59 Å². The first-order valence-electron chi connectivity index (χ1n) is 8.53. The van der Waals surface area contributed by atoms with E-state index in [1.165, 1.54) is 18.2 Å². The van der Waals surface area contributed by atoms with E-state index in [2.05, 4.69) is 24.7 Å². The van der Waals surface area contributed by atoms with Crippen molar-refractivity contribution in [1.82, 2.24) is 10.9 Å². The number of amides is 2. The number of hydrogen-bond acceptors (Lipinski definition) is 6. The van der Waals surface area contributed by atoms with E-state index in [0.717, 1.165) is 5.56 Å². The summed E-state index contributed by atoms with van der Waals surface area (Å²) in [4.78, 5) is 33.7. The summed E-state index contributed by atoms with van der Waals surface area (Å²) >= 11 is 0. The van der Waals surface area contributed by atoms with Gasteiger partial charge in [0.1, 0.15) is 5.75 Å². The number of benzene rings is 2. The monoisotopic (exact) mass is 387 g/mol. The van der Waals surface area contributed by atoms with Crippen LogP contribution in [0.25, 0.3) is 0 Å². The standard InChI is InChI=1S/C19H21N3O6/c1-13(2)14-7-9-15(10-8-14)27-11-18(23)20-21-19(24)12-28-17-6-4-3-5-16(17)22(25)26/h3-10,13H,11-12H2,1-2H3,(H,20,23)(H,21,24). The summed E-state index contributed by atoms with van der Waals surface area (Å²) in [5.74, 6) is -0.348. The average Bonchev–Trinajstić information content (AvgIpc) is 2.69. The molecule has 0 aliphatic rings.